The minimum absolute atomic E-state index is 0.194. The van der Waals surface area contributed by atoms with Gasteiger partial charge in [-0.3, -0.25) is 0 Å². The van der Waals surface area contributed by atoms with Crippen molar-refractivity contribution >= 4 is 17.4 Å². The third-order valence-corrected chi connectivity index (χ3v) is 4.40. The van der Waals surface area contributed by atoms with Gasteiger partial charge in [0.05, 0.1) is 6.54 Å². The predicted octanol–water partition coefficient (Wildman–Crippen LogP) is 1.60. The van der Waals surface area contributed by atoms with E-state index < -0.39 is 5.60 Å². The number of hydrogen-bond donors (Lipinski definition) is 3. The van der Waals surface area contributed by atoms with Crippen LogP contribution in [-0.4, -0.2) is 48.8 Å². The number of nitrogens with zero attached hydrogens (tertiary/aromatic N) is 1. The lowest BCUT2D eigenvalue weighted by molar-refractivity contribution is 0.0631. The van der Waals surface area contributed by atoms with Gasteiger partial charge in [-0.15, -0.1) is 11.3 Å². The van der Waals surface area contributed by atoms with E-state index in [1.54, 1.807) is 6.92 Å². The zero-order valence-corrected chi connectivity index (χ0v) is 13.5. The predicted molar refractivity (Wildman–Crippen MR) is 83.1 cm³/mol. The Bertz CT molecular complexity index is 405. The Morgan fingerprint density at radius 2 is 2.20 bits per heavy atom. The summed E-state index contributed by atoms with van der Waals surface area (Å²) in [4.78, 5) is 14.7. The largest absolute Gasteiger partial charge is 0.383 e. The van der Waals surface area contributed by atoms with Crippen LogP contribution in [0.2, 0.25) is 0 Å². The number of likely N-dealkylation sites (N-methyl/N-ethyl adjacent to an activating group) is 1. The SMILES string of the molecule is CC(C)N(C)CCNC(=O)NCC(C)(O)c1cccs1. The lowest BCUT2D eigenvalue weighted by atomic mass is 10.1. The lowest BCUT2D eigenvalue weighted by Crippen LogP contribution is -2.45. The van der Waals surface area contributed by atoms with Crippen LogP contribution < -0.4 is 10.6 Å². The first-order valence-electron chi connectivity index (χ1n) is 6.81. The summed E-state index contributed by atoms with van der Waals surface area (Å²) in [6.07, 6.45) is 0. The average molecular weight is 299 g/mol. The molecular formula is C14H25N3O2S. The standard InChI is InChI=1S/C14H25N3O2S/c1-11(2)17(4)8-7-15-13(18)16-10-14(3,19)12-6-5-9-20-12/h5-6,9,11,19H,7-8,10H2,1-4H3,(H2,15,16,18). The second-order valence-electron chi connectivity index (χ2n) is 5.43. The van der Waals surface area contributed by atoms with Crippen molar-refractivity contribution in [3.8, 4) is 0 Å². The molecular weight excluding hydrogens is 274 g/mol. The zero-order valence-electron chi connectivity index (χ0n) is 12.6. The van der Waals surface area contributed by atoms with Gasteiger partial charge >= 0.3 is 6.03 Å². The van der Waals surface area contributed by atoms with Gasteiger partial charge in [-0.2, -0.15) is 0 Å². The Kier molecular flexibility index (Phi) is 6.45. The maximum Gasteiger partial charge on any atom is 0.314 e. The zero-order chi connectivity index (χ0) is 15.2. The molecule has 1 atom stereocenters. The van der Waals surface area contributed by atoms with E-state index in [2.05, 4.69) is 29.4 Å². The first-order chi connectivity index (χ1) is 9.33. The molecule has 114 valence electrons. The molecule has 1 unspecified atom stereocenters. The summed E-state index contributed by atoms with van der Waals surface area (Å²) in [6.45, 7) is 7.50. The second kappa shape index (κ2) is 7.61. The topological polar surface area (TPSA) is 64.6 Å². The fraction of sp³-hybridized carbons (Fsp3) is 0.643. The monoisotopic (exact) mass is 299 g/mol. The molecule has 0 aliphatic heterocycles. The molecule has 20 heavy (non-hydrogen) atoms. The number of hydrogen-bond acceptors (Lipinski definition) is 4. The molecule has 0 aromatic carbocycles. The Balaban J connectivity index is 2.26. The van der Waals surface area contributed by atoms with Gasteiger partial charge in [0, 0.05) is 24.0 Å². The number of amides is 2. The van der Waals surface area contributed by atoms with Crippen molar-refractivity contribution in [2.24, 2.45) is 0 Å². The number of nitrogens with one attached hydrogen (secondary N) is 2. The molecule has 5 nitrogen and oxygen atoms in total. The molecule has 0 spiro atoms. The number of aliphatic hydroxyl groups is 1. The van der Waals surface area contributed by atoms with Gasteiger partial charge in [-0.05, 0) is 39.3 Å². The summed E-state index contributed by atoms with van der Waals surface area (Å²) >= 11 is 1.48. The van der Waals surface area contributed by atoms with Crippen LogP contribution in [0.1, 0.15) is 25.6 Å². The molecule has 1 aromatic rings. The van der Waals surface area contributed by atoms with Gasteiger partial charge in [0.25, 0.3) is 0 Å². The minimum Gasteiger partial charge on any atom is -0.383 e. The number of carbonyl (C=O) groups excluding carboxylic acids is 1. The van der Waals surface area contributed by atoms with Gasteiger partial charge in [0.1, 0.15) is 5.60 Å². The van der Waals surface area contributed by atoms with Crippen molar-refractivity contribution in [3.63, 3.8) is 0 Å². The van der Waals surface area contributed by atoms with Crippen LogP contribution in [0, 0.1) is 0 Å². The molecule has 1 heterocycles. The molecule has 6 heteroatoms. The summed E-state index contributed by atoms with van der Waals surface area (Å²) in [7, 11) is 2.02. The van der Waals surface area contributed by atoms with Crippen molar-refractivity contribution in [1.29, 1.82) is 0 Å². The van der Waals surface area contributed by atoms with Crippen LogP contribution in [0.3, 0.4) is 0 Å². The van der Waals surface area contributed by atoms with Crippen molar-refractivity contribution in [2.75, 3.05) is 26.7 Å². The van der Waals surface area contributed by atoms with Gasteiger partial charge < -0.3 is 20.6 Å². The quantitative estimate of drug-likeness (QED) is 0.716. The Hall–Kier alpha value is -1.11. The molecule has 1 aromatic heterocycles. The van der Waals surface area contributed by atoms with E-state index in [-0.39, 0.29) is 12.6 Å². The molecule has 0 aliphatic rings. The Morgan fingerprint density at radius 3 is 2.75 bits per heavy atom. The van der Waals surface area contributed by atoms with Gasteiger partial charge in [-0.25, -0.2) is 4.79 Å². The molecule has 0 radical (unpaired) electrons. The van der Waals surface area contributed by atoms with Crippen molar-refractivity contribution in [2.45, 2.75) is 32.4 Å². The van der Waals surface area contributed by atoms with E-state index in [1.807, 2.05) is 24.6 Å². The Labute approximate surface area is 125 Å². The highest BCUT2D eigenvalue weighted by Gasteiger charge is 2.24. The first kappa shape index (κ1) is 16.9. The maximum atomic E-state index is 11.7. The number of rotatable bonds is 7. The van der Waals surface area contributed by atoms with E-state index in [0.29, 0.717) is 12.6 Å². The summed E-state index contributed by atoms with van der Waals surface area (Å²) in [6, 6.07) is 3.96. The third-order valence-electron chi connectivity index (χ3n) is 3.28. The summed E-state index contributed by atoms with van der Waals surface area (Å²) in [5, 5.41) is 17.7. The van der Waals surface area contributed by atoms with E-state index in [4.69, 9.17) is 0 Å². The van der Waals surface area contributed by atoms with Crippen LogP contribution >= 0.6 is 11.3 Å². The van der Waals surface area contributed by atoms with Crippen LogP contribution in [0.25, 0.3) is 0 Å². The maximum absolute atomic E-state index is 11.7. The lowest BCUT2D eigenvalue weighted by Gasteiger charge is -2.23. The highest BCUT2D eigenvalue weighted by Crippen LogP contribution is 2.24. The highest BCUT2D eigenvalue weighted by molar-refractivity contribution is 7.10. The number of carbonyl (C=O) groups is 1. The molecule has 3 N–H and O–H groups in total. The average Bonchev–Trinajstić information content (AvgIpc) is 2.90. The number of urea groups is 1. The summed E-state index contributed by atoms with van der Waals surface area (Å²) < 4.78 is 0. The minimum atomic E-state index is -1.03. The molecule has 0 fully saturated rings. The van der Waals surface area contributed by atoms with Crippen LogP contribution in [-0.2, 0) is 5.60 Å². The molecule has 0 bridgehead atoms. The van der Waals surface area contributed by atoms with E-state index >= 15 is 0 Å². The molecule has 0 aliphatic carbocycles. The van der Waals surface area contributed by atoms with E-state index in [1.165, 1.54) is 11.3 Å². The first-order valence-corrected chi connectivity index (χ1v) is 7.69. The van der Waals surface area contributed by atoms with Gasteiger partial charge in [0.2, 0.25) is 0 Å². The number of thiophene rings is 1. The van der Waals surface area contributed by atoms with Crippen LogP contribution in [0.4, 0.5) is 4.79 Å². The van der Waals surface area contributed by atoms with E-state index in [0.717, 1.165) is 11.4 Å². The Morgan fingerprint density at radius 1 is 1.50 bits per heavy atom. The van der Waals surface area contributed by atoms with Crippen LogP contribution in [0.15, 0.2) is 17.5 Å². The van der Waals surface area contributed by atoms with Gasteiger partial charge in [0.15, 0.2) is 0 Å². The van der Waals surface area contributed by atoms with E-state index in [9.17, 15) is 9.90 Å². The fourth-order valence-corrected chi connectivity index (χ4v) is 2.38. The van der Waals surface area contributed by atoms with Crippen molar-refractivity contribution < 1.29 is 9.90 Å². The smallest absolute Gasteiger partial charge is 0.314 e. The molecule has 0 saturated carbocycles. The summed E-state index contributed by atoms with van der Waals surface area (Å²) in [5.74, 6) is 0. The molecule has 0 saturated heterocycles. The summed E-state index contributed by atoms with van der Waals surface area (Å²) in [5.41, 5.74) is -1.03. The third kappa shape index (κ3) is 5.48. The second-order valence-corrected chi connectivity index (χ2v) is 6.38. The van der Waals surface area contributed by atoms with Crippen molar-refractivity contribution in [1.82, 2.24) is 15.5 Å². The molecule has 1 rings (SSSR count). The molecule has 2 amide bonds. The van der Waals surface area contributed by atoms with Gasteiger partial charge in [-0.1, -0.05) is 6.07 Å². The fourth-order valence-electron chi connectivity index (χ4n) is 1.59. The normalized spacial score (nSPS) is 14.3. The van der Waals surface area contributed by atoms with Crippen LogP contribution in [0.5, 0.6) is 0 Å². The van der Waals surface area contributed by atoms with Crippen molar-refractivity contribution in [3.05, 3.63) is 22.4 Å². The highest BCUT2D eigenvalue weighted by atomic mass is 32.1.